The predicted molar refractivity (Wildman–Crippen MR) is 54.4 cm³/mol. The van der Waals surface area contributed by atoms with Crippen LogP contribution in [0.4, 0.5) is 8.78 Å². The van der Waals surface area contributed by atoms with Crippen molar-refractivity contribution in [2.45, 2.75) is 6.92 Å². The highest BCUT2D eigenvalue weighted by atomic mass is 32.1. The van der Waals surface area contributed by atoms with E-state index >= 15 is 0 Å². The van der Waals surface area contributed by atoms with Gasteiger partial charge >= 0.3 is 0 Å². The molecule has 0 spiro atoms. The van der Waals surface area contributed by atoms with E-state index in [2.05, 4.69) is 9.59 Å². The van der Waals surface area contributed by atoms with E-state index in [9.17, 15) is 13.6 Å². The van der Waals surface area contributed by atoms with Crippen molar-refractivity contribution in [2.24, 2.45) is 0 Å². The van der Waals surface area contributed by atoms with Gasteiger partial charge in [-0.15, -0.1) is 5.10 Å². The average Bonchev–Trinajstić information content (AvgIpc) is 2.62. The average molecular weight is 240 g/mol. The van der Waals surface area contributed by atoms with Gasteiger partial charge in [0.1, 0.15) is 16.5 Å². The van der Waals surface area contributed by atoms with Crippen molar-refractivity contribution in [1.82, 2.24) is 9.59 Å². The molecule has 16 heavy (non-hydrogen) atoms. The van der Waals surface area contributed by atoms with Crippen LogP contribution in [0.3, 0.4) is 0 Å². The smallest absolute Gasteiger partial charge is 0.206 e. The van der Waals surface area contributed by atoms with E-state index in [0.717, 1.165) is 23.7 Å². The van der Waals surface area contributed by atoms with E-state index in [1.807, 2.05) is 0 Å². The van der Waals surface area contributed by atoms with Gasteiger partial charge in [-0.25, -0.2) is 8.78 Å². The van der Waals surface area contributed by atoms with Gasteiger partial charge in [0.05, 0.1) is 5.69 Å². The molecule has 0 radical (unpaired) electrons. The second-order valence-corrected chi connectivity index (χ2v) is 3.93. The fourth-order valence-electron chi connectivity index (χ4n) is 1.26. The summed E-state index contributed by atoms with van der Waals surface area (Å²) in [5.41, 5.74) is 0.423. The van der Waals surface area contributed by atoms with Crippen LogP contribution in [-0.4, -0.2) is 15.4 Å². The highest BCUT2D eigenvalue weighted by molar-refractivity contribution is 7.08. The molecular formula is C10H6F2N2OS. The molecule has 1 heterocycles. The number of benzene rings is 1. The first-order valence-electron chi connectivity index (χ1n) is 4.37. The summed E-state index contributed by atoms with van der Waals surface area (Å²) in [7, 11) is 0. The molecule has 6 heteroatoms. The molecule has 0 N–H and O–H groups in total. The number of carbonyl (C=O) groups is 1. The molecule has 0 saturated carbocycles. The van der Waals surface area contributed by atoms with Gasteiger partial charge in [0.2, 0.25) is 5.78 Å². The van der Waals surface area contributed by atoms with Gasteiger partial charge in [-0.3, -0.25) is 4.79 Å². The first-order valence-corrected chi connectivity index (χ1v) is 5.15. The van der Waals surface area contributed by atoms with Gasteiger partial charge in [-0.1, -0.05) is 4.49 Å². The third-order valence-electron chi connectivity index (χ3n) is 1.98. The third-order valence-corrected chi connectivity index (χ3v) is 2.81. The quantitative estimate of drug-likeness (QED) is 0.757. The van der Waals surface area contributed by atoms with E-state index < -0.39 is 17.4 Å². The van der Waals surface area contributed by atoms with Crippen molar-refractivity contribution in [3.05, 3.63) is 46.0 Å². The topological polar surface area (TPSA) is 42.9 Å². The van der Waals surface area contributed by atoms with Crippen LogP contribution < -0.4 is 0 Å². The maximum atomic E-state index is 12.9. The predicted octanol–water partition coefficient (Wildman–Crippen LogP) is 2.36. The van der Waals surface area contributed by atoms with Crippen LogP contribution >= 0.6 is 11.5 Å². The number of nitrogens with zero attached hydrogens (tertiary/aromatic N) is 2. The molecule has 3 nitrogen and oxygen atoms in total. The van der Waals surface area contributed by atoms with E-state index in [1.165, 1.54) is 0 Å². The molecule has 1 aromatic heterocycles. The summed E-state index contributed by atoms with van der Waals surface area (Å²) in [6, 6.07) is 2.70. The standard InChI is InChI=1S/C10H6F2N2OS/c1-5-10(16-14-13-5)9(15)6-2-7(11)4-8(12)3-6/h2-4H,1H3. The van der Waals surface area contributed by atoms with Gasteiger partial charge in [-0.2, -0.15) is 0 Å². The molecule has 82 valence electrons. The fraction of sp³-hybridized carbons (Fsp3) is 0.100. The van der Waals surface area contributed by atoms with Crippen LogP contribution in [0.2, 0.25) is 0 Å². The van der Waals surface area contributed by atoms with Gasteiger partial charge in [0, 0.05) is 11.6 Å². The summed E-state index contributed by atoms with van der Waals surface area (Å²) >= 11 is 0.909. The molecule has 1 aromatic carbocycles. The van der Waals surface area contributed by atoms with Crippen molar-refractivity contribution >= 4 is 17.3 Å². The SMILES string of the molecule is Cc1nnsc1C(=O)c1cc(F)cc(F)c1. The minimum atomic E-state index is -0.779. The number of aryl methyl sites for hydroxylation is 1. The lowest BCUT2D eigenvalue weighted by Crippen LogP contribution is -2.02. The molecule has 0 aliphatic carbocycles. The third kappa shape index (κ3) is 1.96. The second kappa shape index (κ2) is 4.05. The molecule has 0 saturated heterocycles. The Bertz CT molecular complexity index is 533. The number of carbonyl (C=O) groups excluding carboxylic acids is 1. The van der Waals surface area contributed by atoms with Gasteiger partial charge < -0.3 is 0 Å². The molecule has 0 aliphatic heterocycles. The Hall–Kier alpha value is -1.69. The monoisotopic (exact) mass is 240 g/mol. The van der Waals surface area contributed by atoms with Gasteiger partial charge in [0.15, 0.2) is 0 Å². The lowest BCUT2D eigenvalue weighted by atomic mass is 10.1. The van der Waals surface area contributed by atoms with Crippen molar-refractivity contribution in [1.29, 1.82) is 0 Å². The Kier molecular flexibility index (Phi) is 2.74. The number of halogens is 2. The molecule has 0 fully saturated rings. The maximum Gasteiger partial charge on any atom is 0.206 e. The Balaban J connectivity index is 2.45. The lowest BCUT2D eigenvalue weighted by molar-refractivity contribution is 0.104. The zero-order valence-corrected chi connectivity index (χ0v) is 9.02. The highest BCUT2D eigenvalue weighted by Gasteiger charge is 2.16. The van der Waals surface area contributed by atoms with Crippen LogP contribution in [-0.2, 0) is 0 Å². The summed E-state index contributed by atoms with van der Waals surface area (Å²) in [5, 5.41) is 3.67. The van der Waals surface area contributed by atoms with Crippen LogP contribution in [0, 0.1) is 18.6 Å². The molecule has 2 rings (SSSR count). The highest BCUT2D eigenvalue weighted by Crippen LogP contribution is 2.17. The fourth-order valence-corrected chi connectivity index (χ4v) is 1.87. The van der Waals surface area contributed by atoms with Crippen LogP contribution in [0.5, 0.6) is 0 Å². The van der Waals surface area contributed by atoms with Crippen molar-refractivity contribution in [3.63, 3.8) is 0 Å². The molecule has 0 bridgehead atoms. The minimum Gasteiger partial charge on any atom is -0.288 e. The minimum absolute atomic E-state index is 0.0355. The lowest BCUT2D eigenvalue weighted by Gasteiger charge is -1.99. The largest absolute Gasteiger partial charge is 0.288 e. The normalized spacial score (nSPS) is 10.4. The van der Waals surface area contributed by atoms with E-state index in [-0.39, 0.29) is 5.56 Å². The summed E-state index contributed by atoms with van der Waals surface area (Å²) in [6.07, 6.45) is 0. The van der Waals surface area contributed by atoms with E-state index in [0.29, 0.717) is 16.6 Å². The zero-order chi connectivity index (χ0) is 11.7. The number of aromatic nitrogens is 2. The van der Waals surface area contributed by atoms with Gasteiger partial charge in [0.25, 0.3) is 0 Å². The number of ketones is 1. The molecule has 0 atom stereocenters. The first-order chi connectivity index (χ1) is 7.58. The van der Waals surface area contributed by atoms with Crippen molar-refractivity contribution in [2.75, 3.05) is 0 Å². The van der Waals surface area contributed by atoms with Gasteiger partial charge in [-0.05, 0) is 30.6 Å². The molecular weight excluding hydrogens is 234 g/mol. The Labute approximate surface area is 93.9 Å². The second-order valence-electron chi connectivity index (χ2n) is 3.17. The molecule has 0 unspecified atom stereocenters. The molecule has 0 aliphatic rings. The number of hydrogen-bond donors (Lipinski definition) is 0. The van der Waals surface area contributed by atoms with E-state index in [4.69, 9.17) is 0 Å². The molecule has 0 amide bonds. The van der Waals surface area contributed by atoms with Crippen LogP contribution in [0.15, 0.2) is 18.2 Å². The summed E-state index contributed by atoms with van der Waals surface area (Å²) < 4.78 is 29.4. The summed E-state index contributed by atoms with van der Waals surface area (Å²) in [6.45, 7) is 1.62. The number of hydrogen-bond acceptors (Lipinski definition) is 4. The van der Waals surface area contributed by atoms with Crippen LogP contribution in [0.1, 0.15) is 20.9 Å². The maximum absolute atomic E-state index is 12.9. The first kappa shape index (κ1) is 10.8. The Morgan fingerprint density at radius 1 is 1.25 bits per heavy atom. The van der Waals surface area contributed by atoms with Crippen LogP contribution in [0.25, 0.3) is 0 Å². The Morgan fingerprint density at radius 3 is 2.38 bits per heavy atom. The Morgan fingerprint density at radius 2 is 1.88 bits per heavy atom. The summed E-state index contributed by atoms with van der Waals surface area (Å²) in [5.74, 6) is -2.03. The van der Waals surface area contributed by atoms with E-state index in [1.54, 1.807) is 6.92 Å². The number of rotatable bonds is 2. The van der Waals surface area contributed by atoms with Crippen molar-refractivity contribution < 1.29 is 13.6 Å². The zero-order valence-electron chi connectivity index (χ0n) is 8.20. The molecule has 2 aromatic rings. The summed E-state index contributed by atoms with van der Waals surface area (Å²) in [4.78, 5) is 12.1. The van der Waals surface area contributed by atoms with Crippen molar-refractivity contribution in [3.8, 4) is 0 Å².